The van der Waals surface area contributed by atoms with Crippen molar-refractivity contribution in [2.45, 2.75) is 13.3 Å². The van der Waals surface area contributed by atoms with Gasteiger partial charge in [-0.05, 0) is 43.2 Å². The van der Waals surface area contributed by atoms with E-state index < -0.39 is 0 Å². The molecule has 0 saturated carbocycles. The Kier molecular flexibility index (Phi) is 4.14. The van der Waals surface area contributed by atoms with Crippen LogP contribution in [0.25, 0.3) is 5.65 Å². The van der Waals surface area contributed by atoms with Crippen LogP contribution in [0.3, 0.4) is 0 Å². The van der Waals surface area contributed by atoms with Crippen LogP contribution in [0.5, 0.6) is 0 Å². The molecule has 112 valence electrons. The summed E-state index contributed by atoms with van der Waals surface area (Å²) in [5.41, 5.74) is 2.71. The fourth-order valence-electron chi connectivity index (χ4n) is 2.45. The van der Waals surface area contributed by atoms with Crippen molar-refractivity contribution in [3.05, 3.63) is 66.4 Å². The molecule has 0 aromatic carbocycles. The van der Waals surface area contributed by atoms with E-state index in [4.69, 9.17) is 0 Å². The highest BCUT2D eigenvalue weighted by atomic mass is 16.2. The molecule has 1 amide bonds. The second-order valence-electron chi connectivity index (χ2n) is 5.10. The maximum Gasteiger partial charge on any atom is 0.255 e. The zero-order valence-electron chi connectivity index (χ0n) is 12.5. The molecule has 0 spiro atoms. The lowest BCUT2D eigenvalue weighted by Gasteiger charge is -2.21. The average Bonchev–Trinajstić information content (AvgIpc) is 3.03. The van der Waals surface area contributed by atoms with Crippen molar-refractivity contribution < 1.29 is 4.79 Å². The van der Waals surface area contributed by atoms with Crippen molar-refractivity contribution in [2.24, 2.45) is 0 Å². The number of rotatable bonds is 5. The third-order valence-electron chi connectivity index (χ3n) is 3.72. The second-order valence-corrected chi connectivity index (χ2v) is 5.10. The lowest BCUT2D eigenvalue weighted by atomic mass is 10.1. The van der Waals surface area contributed by atoms with Crippen molar-refractivity contribution in [3.63, 3.8) is 0 Å². The molecule has 0 aliphatic heterocycles. The van der Waals surface area contributed by atoms with Crippen molar-refractivity contribution in [3.8, 4) is 0 Å². The highest BCUT2D eigenvalue weighted by molar-refractivity contribution is 5.94. The van der Waals surface area contributed by atoms with Crippen LogP contribution < -0.4 is 0 Å². The number of likely N-dealkylation sites (N-methyl/N-ethyl adjacent to an activating group) is 1. The highest BCUT2D eigenvalue weighted by Crippen LogP contribution is 2.09. The fraction of sp³-hybridized carbons (Fsp3) is 0.235. The largest absolute Gasteiger partial charge is 0.339 e. The van der Waals surface area contributed by atoms with Crippen LogP contribution in [-0.4, -0.2) is 38.3 Å². The van der Waals surface area contributed by atoms with Crippen LogP contribution in [0.1, 0.15) is 22.8 Å². The smallest absolute Gasteiger partial charge is 0.255 e. The van der Waals surface area contributed by atoms with Gasteiger partial charge >= 0.3 is 0 Å². The summed E-state index contributed by atoms with van der Waals surface area (Å²) < 4.78 is 1.87. The van der Waals surface area contributed by atoms with Crippen LogP contribution in [-0.2, 0) is 6.42 Å². The number of pyridine rings is 2. The number of carbonyl (C=O) groups is 1. The molecule has 0 saturated heterocycles. The number of aromatic nitrogens is 3. The number of hydrogen-bond acceptors (Lipinski definition) is 3. The van der Waals surface area contributed by atoms with Gasteiger partial charge in [0.25, 0.3) is 5.91 Å². The Morgan fingerprint density at radius 2 is 2.00 bits per heavy atom. The monoisotopic (exact) mass is 294 g/mol. The predicted molar refractivity (Wildman–Crippen MR) is 84.7 cm³/mol. The molecular formula is C17H18N4O. The minimum atomic E-state index is 0.0483. The summed E-state index contributed by atoms with van der Waals surface area (Å²) in [6.07, 6.45) is 9.79. The van der Waals surface area contributed by atoms with Crippen LogP contribution in [0.15, 0.2) is 55.2 Å². The van der Waals surface area contributed by atoms with Crippen molar-refractivity contribution in [2.75, 3.05) is 13.1 Å². The van der Waals surface area contributed by atoms with Gasteiger partial charge < -0.3 is 9.30 Å². The van der Waals surface area contributed by atoms with Gasteiger partial charge in [0.2, 0.25) is 0 Å². The molecule has 3 aromatic heterocycles. The number of nitrogens with zero attached hydrogens (tertiary/aromatic N) is 4. The molecule has 3 rings (SSSR count). The first-order valence-electron chi connectivity index (χ1n) is 7.39. The Hall–Kier alpha value is -2.69. The van der Waals surface area contributed by atoms with Gasteiger partial charge in [0, 0.05) is 44.1 Å². The van der Waals surface area contributed by atoms with E-state index in [-0.39, 0.29) is 5.91 Å². The van der Waals surface area contributed by atoms with E-state index in [9.17, 15) is 4.79 Å². The highest BCUT2D eigenvalue weighted by Gasteiger charge is 2.14. The Bertz CT molecular complexity index is 766. The lowest BCUT2D eigenvalue weighted by molar-refractivity contribution is 0.0765. The molecule has 5 nitrogen and oxygen atoms in total. The minimum Gasteiger partial charge on any atom is -0.339 e. The Balaban J connectivity index is 1.73. The molecule has 0 bridgehead atoms. The molecule has 0 aliphatic carbocycles. The van der Waals surface area contributed by atoms with Gasteiger partial charge in [-0.2, -0.15) is 0 Å². The Labute approximate surface area is 129 Å². The van der Waals surface area contributed by atoms with E-state index in [2.05, 4.69) is 9.97 Å². The van der Waals surface area contributed by atoms with Crippen molar-refractivity contribution >= 4 is 11.6 Å². The maximum atomic E-state index is 12.6. The van der Waals surface area contributed by atoms with E-state index >= 15 is 0 Å². The van der Waals surface area contributed by atoms with E-state index in [0.29, 0.717) is 18.7 Å². The van der Waals surface area contributed by atoms with Crippen molar-refractivity contribution in [1.82, 2.24) is 19.3 Å². The van der Waals surface area contributed by atoms with Gasteiger partial charge in [0.1, 0.15) is 5.65 Å². The van der Waals surface area contributed by atoms with Crippen LogP contribution in [0, 0.1) is 0 Å². The molecule has 0 unspecified atom stereocenters. The first-order valence-corrected chi connectivity index (χ1v) is 7.39. The number of amides is 1. The SMILES string of the molecule is CCN(CCc1ccncc1)C(=O)c1ccc2nccn2c1. The van der Waals surface area contributed by atoms with Gasteiger partial charge in [0.05, 0.1) is 5.56 Å². The minimum absolute atomic E-state index is 0.0483. The summed E-state index contributed by atoms with van der Waals surface area (Å²) in [4.78, 5) is 22.7. The maximum absolute atomic E-state index is 12.6. The second kappa shape index (κ2) is 6.39. The van der Waals surface area contributed by atoms with Gasteiger partial charge in [0.15, 0.2) is 0 Å². The molecule has 0 atom stereocenters. The van der Waals surface area contributed by atoms with Gasteiger partial charge in [-0.25, -0.2) is 4.98 Å². The molecular weight excluding hydrogens is 276 g/mol. The molecule has 0 radical (unpaired) electrons. The quantitative estimate of drug-likeness (QED) is 0.726. The third kappa shape index (κ3) is 2.98. The predicted octanol–water partition coefficient (Wildman–Crippen LogP) is 2.43. The third-order valence-corrected chi connectivity index (χ3v) is 3.72. The number of fused-ring (bicyclic) bond motifs is 1. The normalized spacial score (nSPS) is 10.8. The fourth-order valence-corrected chi connectivity index (χ4v) is 2.45. The van der Waals surface area contributed by atoms with E-state index in [1.165, 1.54) is 5.56 Å². The van der Waals surface area contributed by atoms with Crippen molar-refractivity contribution in [1.29, 1.82) is 0 Å². The van der Waals surface area contributed by atoms with Gasteiger partial charge in [-0.3, -0.25) is 9.78 Å². The van der Waals surface area contributed by atoms with Gasteiger partial charge in [-0.15, -0.1) is 0 Å². The molecule has 0 aliphatic rings. The standard InChI is InChI=1S/C17H18N4O/c1-2-20(11-7-14-5-8-18-9-6-14)17(22)15-3-4-16-19-10-12-21(16)13-15/h3-6,8-10,12-13H,2,7,11H2,1H3. The molecule has 3 aromatic rings. The first kappa shape index (κ1) is 14.3. The number of carbonyl (C=O) groups excluding carboxylic acids is 1. The summed E-state index contributed by atoms with van der Waals surface area (Å²) >= 11 is 0. The lowest BCUT2D eigenvalue weighted by Crippen LogP contribution is -2.32. The molecule has 22 heavy (non-hydrogen) atoms. The first-order chi connectivity index (χ1) is 10.8. The Morgan fingerprint density at radius 3 is 2.77 bits per heavy atom. The molecule has 0 N–H and O–H groups in total. The summed E-state index contributed by atoms with van der Waals surface area (Å²) in [6.45, 7) is 3.38. The van der Waals surface area contributed by atoms with E-state index in [0.717, 1.165) is 12.1 Å². The molecule has 0 fully saturated rings. The summed E-state index contributed by atoms with van der Waals surface area (Å²) in [7, 11) is 0. The summed E-state index contributed by atoms with van der Waals surface area (Å²) in [5, 5.41) is 0. The van der Waals surface area contributed by atoms with E-state index in [1.54, 1.807) is 18.6 Å². The average molecular weight is 294 g/mol. The topological polar surface area (TPSA) is 50.5 Å². The van der Waals surface area contributed by atoms with Crippen LogP contribution in [0.4, 0.5) is 0 Å². The number of hydrogen-bond donors (Lipinski definition) is 0. The van der Waals surface area contributed by atoms with Gasteiger partial charge in [-0.1, -0.05) is 0 Å². The zero-order chi connectivity index (χ0) is 15.4. The molecule has 3 heterocycles. The van der Waals surface area contributed by atoms with Crippen LogP contribution >= 0.6 is 0 Å². The summed E-state index contributed by atoms with van der Waals surface area (Å²) in [5.74, 6) is 0.0483. The van der Waals surface area contributed by atoms with Crippen LogP contribution in [0.2, 0.25) is 0 Å². The Morgan fingerprint density at radius 1 is 1.18 bits per heavy atom. The summed E-state index contributed by atoms with van der Waals surface area (Å²) in [6, 6.07) is 7.66. The zero-order valence-corrected chi connectivity index (χ0v) is 12.5. The number of imidazole rings is 1. The molecule has 5 heteroatoms. The van der Waals surface area contributed by atoms with E-state index in [1.807, 2.05) is 52.9 Å².